The molecule has 1 unspecified atom stereocenters. The van der Waals surface area contributed by atoms with E-state index in [0.717, 1.165) is 17.3 Å². The average Bonchev–Trinajstić information content (AvgIpc) is 2.31. The van der Waals surface area contributed by atoms with Crippen LogP contribution in [0.3, 0.4) is 0 Å². The molecule has 1 aromatic carbocycles. The molecule has 1 aromatic rings. The number of guanidine groups is 1. The van der Waals surface area contributed by atoms with Gasteiger partial charge in [0.1, 0.15) is 11.9 Å². The Morgan fingerprint density at radius 2 is 1.70 bits per heavy atom. The minimum absolute atomic E-state index is 0. The number of para-hydroxylation sites is 1. The number of ether oxygens (including phenoxy) is 1. The number of hydrogen-bond donors (Lipinski definition) is 0. The zero-order valence-corrected chi connectivity index (χ0v) is 15.6. The van der Waals surface area contributed by atoms with Crippen molar-refractivity contribution in [2.24, 2.45) is 4.99 Å². The van der Waals surface area contributed by atoms with E-state index >= 15 is 0 Å². The van der Waals surface area contributed by atoms with Crippen LogP contribution in [0.1, 0.15) is 12.5 Å². The molecule has 1 atom stereocenters. The van der Waals surface area contributed by atoms with Crippen molar-refractivity contribution >= 4 is 29.9 Å². The molecule has 0 aromatic heterocycles. The molecule has 0 aliphatic heterocycles. The van der Waals surface area contributed by atoms with Crippen LogP contribution in [-0.2, 0) is 0 Å². The molecule has 0 heterocycles. The van der Waals surface area contributed by atoms with Crippen LogP contribution in [-0.4, -0.2) is 56.6 Å². The van der Waals surface area contributed by atoms with Crippen molar-refractivity contribution in [3.8, 4) is 5.75 Å². The Kier molecular flexibility index (Phi) is 8.60. The summed E-state index contributed by atoms with van der Waals surface area (Å²) in [4.78, 5) is 8.59. The minimum atomic E-state index is 0. The van der Waals surface area contributed by atoms with Gasteiger partial charge in [-0.3, -0.25) is 0 Å². The van der Waals surface area contributed by atoms with Crippen LogP contribution in [0, 0.1) is 6.92 Å². The molecule has 114 valence electrons. The average molecular weight is 391 g/mol. The molecule has 0 saturated heterocycles. The summed E-state index contributed by atoms with van der Waals surface area (Å²) in [7, 11) is 7.97. The van der Waals surface area contributed by atoms with Crippen molar-refractivity contribution in [1.29, 1.82) is 0 Å². The zero-order valence-electron chi connectivity index (χ0n) is 13.3. The topological polar surface area (TPSA) is 28.1 Å². The molecule has 0 amide bonds. The van der Waals surface area contributed by atoms with Gasteiger partial charge in [-0.25, -0.2) is 4.99 Å². The van der Waals surface area contributed by atoms with Crippen LogP contribution in [0.5, 0.6) is 5.75 Å². The molecule has 4 nitrogen and oxygen atoms in total. The number of rotatable bonds is 4. The van der Waals surface area contributed by atoms with E-state index in [1.807, 2.05) is 63.1 Å². The molecular weight excluding hydrogens is 365 g/mol. The lowest BCUT2D eigenvalue weighted by molar-refractivity contribution is 0.228. The SMILES string of the molecule is Cc1ccccc1OC(C)CN=C(N(C)C)N(C)C.I. The Morgan fingerprint density at radius 3 is 2.20 bits per heavy atom. The summed E-state index contributed by atoms with van der Waals surface area (Å²) in [5.74, 6) is 1.88. The highest BCUT2D eigenvalue weighted by molar-refractivity contribution is 14.0. The Balaban J connectivity index is 0.00000361. The third-order valence-corrected chi connectivity index (χ3v) is 2.71. The van der Waals surface area contributed by atoms with Crippen LogP contribution >= 0.6 is 24.0 Å². The second-order valence-corrected chi connectivity index (χ2v) is 5.12. The molecule has 0 N–H and O–H groups in total. The van der Waals surface area contributed by atoms with Crippen LogP contribution in [0.4, 0.5) is 0 Å². The first-order valence-corrected chi connectivity index (χ1v) is 6.53. The van der Waals surface area contributed by atoms with Crippen molar-refractivity contribution in [3.05, 3.63) is 29.8 Å². The maximum Gasteiger partial charge on any atom is 0.195 e. The molecule has 1 rings (SSSR count). The first-order chi connectivity index (χ1) is 8.91. The molecule has 0 spiro atoms. The summed E-state index contributed by atoms with van der Waals surface area (Å²) in [5.41, 5.74) is 1.15. The normalized spacial score (nSPS) is 11.1. The van der Waals surface area contributed by atoms with Gasteiger partial charge in [0.25, 0.3) is 0 Å². The van der Waals surface area contributed by atoms with Crippen molar-refractivity contribution in [1.82, 2.24) is 9.80 Å². The van der Waals surface area contributed by atoms with Gasteiger partial charge < -0.3 is 14.5 Å². The van der Waals surface area contributed by atoms with Crippen molar-refractivity contribution in [2.75, 3.05) is 34.7 Å². The predicted octanol–water partition coefficient (Wildman–Crippen LogP) is 2.86. The van der Waals surface area contributed by atoms with Gasteiger partial charge in [0, 0.05) is 28.2 Å². The first kappa shape index (κ1) is 19.0. The van der Waals surface area contributed by atoms with E-state index in [9.17, 15) is 0 Å². The molecule has 0 radical (unpaired) electrons. The second-order valence-electron chi connectivity index (χ2n) is 5.12. The lowest BCUT2D eigenvalue weighted by atomic mass is 10.2. The molecule has 0 fully saturated rings. The highest BCUT2D eigenvalue weighted by Gasteiger charge is 2.08. The van der Waals surface area contributed by atoms with Gasteiger partial charge in [0.2, 0.25) is 0 Å². The number of benzene rings is 1. The van der Waals surface area contributed by atoms with E-state index in [1.54, 1.807) is 0 Å². The van der Waals surface area contributed by atoms with Crippen LogP contribution in [0.25, 0.3) is 0 Å². The Bertz CT molecular complexity index is 423. The maximum atomic E-state index is 5.91. The number of aryl methyl sites for hydroxylation is 1. The first-order valence-electron chi connectivity index (χ1n) is 6.53. The standard InChI is InChI=1S/C15H25N3O.HI/c1-12-9-7-8-10-14(12)19-13(2)11-16-15(17(3)4)18(5)6;/h7-10,13H,11H2,1-6H3;1H. The van der Waals surface area contributed by atoms with Gasteiger partial charge in [0.05, 0.1) is 6.54 Å². The molecule has 0 saturated carbocycles. The molecule has 20 heavy (non-hydrogen) atoms. The van der Waals surface area contributed by atoms with Crippen LogP contribution < -0.4 is 4.74 Å². The highest BCUT2D eigenvalue weighted by atomic mass is 127. The lowest BCUT2D eigenvalue weighted by Crippen LogP contribution is -2.36. The number of hydrogen-bond acceptors (Lipinski definition) is 2. The quantitative estimate of drug-likeness (QED) is 0.449. The highest BCUT2D eigenvalue weighted by Crippen LogP contribution is 2.17. The Hall–Kier alpha value is -0.980. The van der Waals surface area contributed by atoms with Gasteiger partial charge in [-0.2, -0.15) is 0 Å². The molecule has 0 aliphatic rings. The molecular formula is C15H26IN3O. The van der Waals surface area contributed by atoms with Crippen LogP contribution in [0.2, 0.25) is 0 Å². The van der Waals surface area contributed by atoms with E-state index in [4.69, 9.17) is 4.74 Å². The summed E-state index contributed by atoms with van der Waals surface area (Å²) in [6, 6.07) is 8.05. The van der Waals surface area contributed by atoms with Gasteiger partial charge in [-0.15, -0.1) is 24.0 Å². The fourth-order valence-corrected chi connectivity index (χ4v) is 1.84. The van der Waals surface area contributed by atoms with Crippen molar-refractivity contribution in [3.63, 3.8) is 0 Å². The van der Waals surface area contributed by atoms with E-state index < -0.39 is 0 Å². The zero-order chi connectivity index (χ0) is 14.4. The Morgan fingerprint density at radius 1 is 1.15 bits per heavy atom. The van der Waals surface area contributed by atoms with Gasteiger partial charge in [-0.1, -0.05) is 18.2 Å². The summed E-state index contributed by atoms with van der Waals surface area (Å²) in [5, 5.41) is 0. The van der Waals surface area contributed by atoms with Crippen molar-refractivity contribution in [2.45, 2.75) is 20.0 Å². The number of nitrogens with zero attached hydrogens (tertiary/aromatic N) is 3. The van der Waals surface area contributed by atoms with Crippen LogP contribution in [0.15, 0.2) is 29.3 Å². The molecule has 5 heteroatoms. The smallest absolute Gasteiger partial charge is 0.195 e. The number of aliphatic imine (C=N–C) groups is 1. The van der Waals surface area contributed by atoms with E-state index in [1.165, 1.54) is 0 Å². The van der Waals surface area contributed by atoms with E-state index in [2.05, 4.69) is 18.0 Å². The summed E-state index contributed by atoms with van der Waals surface area (Å²) in [6.07, 6.45) is 0.0519. The van der Waals surface area contributed by atoms with Gasteiger partial charge >= 0.3 is 0 Å². The summed E-state index contributed by atoms with van der Waals surface area (Å²) >= 11 is 0. The fraction of sp³-hybridized carbons (Fsp3) is 0.533. The molecule has 0 bridgehead atoms. The fourth-order valence-electron chi connectivity index (χ4n) is 1.84. The third kappa shape index (κ3) is 5.98. The minimum Gasteiger partial charge on any atom is -0.489 e. The monoisotopic (exact) mass is 391 g/mol. The van der Waals surface area contributed by atoms with Gasteiger partial charge in [-0.05, 0) is 25.5 Å². The predicted molar refractivity (Wildman–Crippen MR) is 96.4 cm³/mol. The lowest BCUT2D eigenvalue weighted by Gasteiger charge is -2.23. The second kappa shape index (κ2) is 9.05. The third-order valence-electron chi connectivity index (χ3n) is 2.71. The van der Waals surface area contributed by atoms with E-state index in [0.29, 0.717) is 6.54 Å². The maximum absolute atomic E-state index is 5.91. The largest absolute Gasteiger partial charge is 0.489 e. The summed E-state index contributed by atoms with van der Waals surface area (Å²) in [6.45, 7) is 4.73. The van der Waals surface area contributed by atoms with Crippen molar-refractivity contribution < 1.29 is 4.74 Å². The van der Waals surface area contributed by atoms with Gasteiger partial charge in [0.15, 0.2) is 5.96 Å². The molecule has 0 aliphatic carbocycles. The Labute approximate surface area is 139 Å². The summed E-state index contributed by atoms with van der Waals surface area (Å²) < 4.78 is 5.91. The number of halogens is 1. The van der Waals surface area contributed by atoms with E-state index in [-0.39, 0.29) is 30.1 Å².